The van der Waals surface area contributed by atoms with Crippen LogP contribution in [0.2, 0.25) is 0 Å². The number of nitrogens with one attached hydrogen (secondary N) is 2. The second-order valence-corrected chi connectivity index (χ2v) is 2.21. The van der Waals surface area contributed by atoms with E-state index in [2.05, 4.69) is 10.6 Å². The molecule has 0 unspecified atom stereocenters. The van der Waals surface area contributed by atoms with Crippen molar-refractivity contribution in [1.82, 2.24) is 0 Å². The molecule has 1 aromatic carbocycles. The Hall–Kier alpha value is -1.22. The van der Waals surface area contributed by atoms with E-state index in [0.29, 0.717) is 6.67 Å². The molecule has 0 fully saturated rings. The van der Waals surface area contributed by atoms with Crippen molar-refractivity contribution in [1.29, 1.82) is 0 Å². The van der Waals surface area contributed by atoms with E-state index in [1.54, 1.807) is 0 Å². The summed E-state index contributed by atoms with van der Waals surface area (Å²) >= 11 is 0. The predicted molar refractivity (Wildman–Crippen MR) is 48.7 cm³/mol. The molecule has 4 N–H and O–H groups in total. The van der Waals surface area contributed by atoms with Gasteiger partial charge in [-0.25, -0.2) is 0 Å². The summed E-state index contributed by atoms with van der Waals surface area (Å²) < 4.78 is 0. The normalized spacial score (nSPS) is 9.27. The molecule has 11 heavy (non-hydrogen) atoms. The molecule has 0 aliphatic rings. The maximum atomic E-state index is 5.32. The van der Waals surface area contributed by atoms with Gasteiger partial charge < -0.3 is 16.4 Å². The second-order valence-electron chi connectivity index (χ2n) is 2.21. The van der Waals surface area contributed by atoms with Crippen LogP contribution in [-0.2, 0) is 0 Å². The molecule has 3 heteroatoms. The van der Waals surface area contributed by atoms with Gasteiger partial charge in [-0.2, -0.15) is 0 Å². The molecule has 0 aliphatic carbocycles. The summed E-state index contributed by atoms with van der Waals surface area (Å²) in [5.41, 5.74) is 7.45. The summed E-state index contributed by atoms with van der Waals surface area (Å²) in [5.74, 6) is 0. The smallest absolute Gasteiger partial charge is 0.0628 e. The van der Waals surface area contributed by atoms with Gasteiger partial charge in [0.25, 0.3) is 0 Å². The zero-order valence-corrected chi connectivity index (χ0v) is 6.59. The van der Waals surface area contributed by atoms with Crippen LogP contribution < -0.4 is 16.4 Å². The van der Waals surface area contributed by atoms with Crippen LogP contribution in [-0.4, -0.2) is 13.7 Å². The topological polar surface area (TPSA) is 50.1 Å². The van der Waals surface area contributed by atoms with Crippen molar-refractivity contribution in [3.8, 4) is 0 Å². The van der Waals surface area contributed by atoms with Crippen LogP contribution in [0, 0.1) is 0 Å². The van der Waals surface area contributed by atoms with Gasteiger partial charge in [-0.3, -0.25) is 0 Å². The van der Waals surface area contributed by atoms with E-state index >= 15 is 0 Å². The molecular formula is C8H13N3. The summed E-state index contributed by atoms with van der Waals surface area (Å²) in [6.07, 6.45) is 0. The highest BCUT2D eigenvalue weighted by Crippen LogP contribution is 2.13. The van der Waals surface area contributed by atoms with Crippen molar-refractivity contribution < 1.29 is 0 Å². The van der Waals surface area contributed by atoms with Crippen LogP contribution in [0.25, 0.3) is 0 Å². The maximum Gasteiger partial charge on any atom is 0.0628 e. The van der Waals surface area contributed by atoms with Gasteiger partial charge in [-0.05, 0) is 18.2 Å². The van der Waals surface area contributed by atoms with E-state index in [1.165, 1.54) is 0 Å². The van der Waals surface area contributed by atoms with E-state index in [4.69, 9.17) is 5.73 Å². The van der Waals surface area contributed by atoms with Gasteiger partial charge in [0.15, 0.2) is 0 Å². The van der Waals surface area contributed by atoms with Crippen LogP contribution in [0.3, 0.4) is 0 Å². The van der Waals surface area contributed by atoms with Crippen molar-refractivity contribution in [3.05, 3.63) is 24.3 Å². The molecule has 1 rings (SSSR count). The summed E-state index contributed by atoms with van der Waals surface area (Å²) in [7, 11) is 1.89. The zero-order chi connectivity index (χ0) is 8.10. The van der Waals surface area contributed by atoms with Crippen molar-refractivity contribution >= 4 is 11.4 Å². The average molecular weight is 151 g/mol. The Morgan fingerprint density at radius 2 is 2.09 bits per heavy atom. The molecule has 0 aliphatic heterocycles. The molecule has 1 aromatic rings. The molecule has 0 radical (unpaired) electrons. The number of anilines is 2. The molecule has 3 nitrogen and oxygen atoms in total. The van der Waals surface area contributed by atoms with Gasteiger partial charge in [0.1, 0.15) is 0 Å². The molecule has 60 valence electrons. The van der Waals surface area contributed by atoms with Crippen molar-refractivity contribution in [2.24, 2.45) is 5.73 Å². The molecule has 0 aromatic heterocycles. The van der Waals surface area contributed by atoms with E-state index in [1.807, 2.05) is 31.3 Å². The standard InChI is InChI=1S/C8H13N3/c1-10-7-3-2-4-8(5-7)11-6-9/h2-5,10-11H,6,9H2,1H3. The highest BCUT2D eigenvalue weighted by molar-refractivity contribution is 5.56. The lowest BCUT2D eigenvalue weighted by molar-refractivity contribution is 1.14. The third kappa shape index (κ3) is 2.13. The van der Waals surface area contributed by atoms with Crippen molar-refractivity contribution in [2.75, 3.05) is 24.3 Å². The molecule has 0 spiro atoms. The Morgan fingerprint density at radius 1 is 1.36 bits per heavy atom. The fourth-order valence-electron chi connectivity index (χ4n) is 0.903. The van der Waals surface area contributed by atoms with Crippen LogP contribution in [0.15, 0.2) is 24.3 Å². The maximum absolute atomic E-state index is 5.32. The molecule has 0 saturated heterocycles. The molecule has 0 heterocycles. The van der Waals surface area contributed by atoms with Gasteiger partial charge in [-0.1, -0.05) is 6.07 Å². The monoisotopic (exact) mass is 151 g/mol. The summed E-state index contributed by atoms with van der Waals surface area (Å²) in [6.45, 7) is 0.465. The Bertz CT molecular complexity index is 222. The molecule has 0 saturated carbocycles. The number of nitrogens with two attached hydrogens (primary N) is 1. The minimum Gasteiger partial charge on any atom is -0.388 e. The first-order chi connectivity index (χ1) is 5.36. The van der Waals surface area contributed by atoms with Gasteiger partial charge >= 0.3 is 0 Å². The zero-order valence-electron chi connectivity index (χ0n) is 6.59. The Balaban J connectivity index is 2.74. The Morgan fingerprint density at radius 3 is 2.73 bits per heavy atom. The van der Waals surface area contributed by atoms with Crippen molar-refractivity contribution in [3.63, 3.8) is 0 Å². The summed E-state index contributed by atoms with van der Waals surface area (Å²) in [6, 6.07) is 7.96. The highest BCUT2D eigenvalue weighted by atomic mass is 15.0. The second kappa shape index (κ2) is 3.83. The number of benzene rings is 1. The first kappa shape index (κ1) is 7.88. The molecule has 0 atom stereocenters. The van der Waals surface area contributed by atoms with E-state index in [0.717, 1.165) is 11.4 Å². The fraction of sp³-hybridized carbons (Fsp3) is 0.250. The van der Waals surface area contributed by atoms with Crippen LogP contribution >= 0.6 is 0 Å². The number of hydrogen-bond acceptors (Lipinski definition) is 3. The Kier molecular flexibility index (Phi) is 2.74. The van der Waals surface area contributed by atoms with Crippen LogP contribution in [0.5, 0.6) is 0 Å². The molecule has 0 bridgehead atoms. The van der Waals surface area contributed by atoms with Gasteiger partial charge in [0.05, 0.1) is 6.67 Å². The largest absolute Gasteiger partial charge is 0.388 e. The Labute approximate surface area is 66.6 Å². The van der Waals surface area contributed by atoms with E-state index < -0.39 is 0 Å². The summed E-state index contributed by atoms with van der Waals surface area (Å²) in [4.78, 5) is 0. The first-order valence-electron chi connectivity index (χ1n) is 3.58. The quantitative estimate of drug-likeness (QED) is 0.566. The van der Waals surface area contributed by atoms with Gasteiger partial charge in [-0.15, -0.1) is 0 Å². The van der Waals surface area contributed by atoms with Gasteiger partial charge in [0, 0.05) is 18.4 Å². The summed E-state index contributed by atoms with van der Waals surface area (Å²) in [5, 5.41) is 6.06. The molecular weight excluding hydrogens is 138 g/mol. The van der Waals surface area contributed by atoms with E-state index in [-0.39, 0.29) is 0 Å². The van der Waals surface area contributed by atoms with Crippen molar-refractivity contribution in [2.45, 2.75) is 0 Å². The van der Waals surface area contributed by atoms with Crippen LogP contribution in [0.1, 0.15) is 0 Å². The predicted octanol–water partition coefficient (Wildman–Crippen LogP) is 1.06. The van der Waals surface area contributed by atoms with Gasteiger partial charge in [0.2, 0.25) is 0 Å². The highest BCUT2D eigenvalue weighted by Gasteiger charge is 1.89. The first-order valence-corrected chi connectivity index (χ1v) is 3.58. The average Bonchev–Trinajstić information content (AvgIpc) is 2.06. The fourth-order valence-corrected chi connectivity index (χ4v) is 0.903. The SMILES string of the molecule is CNc1cccc(NCN)c1. The minimum atomic E-state index is 0.465. The third-order valence-electron chi connectivity index (χ3n) is 1.46. The van der Waals surface area contributed by atoms with Crippen LogP contribution in [0.4, 0.5) is 11.4 Å². The minimum absolute atomic E-state index is 0.465. The lowest BCUT2D eigenvalue weighted by Gasteiger charge is -2.04. The van der Waals surface area contributed by atoms with E-state index in [9.17, 15) is 0 Å². The lowest BCUT2D eigenvalue weighted by Crippen LogP contribution is -2.10. The molecule has 0 amide bonds. The lowest BCUT2D eigenvalue weighted by atomic mass is 10.3. The number of hydrogen-bond donors (Lipinski definition) is 3. The number of rotatable bonds is 3. The third-order valence-corrected chi connectivity index (χ3v) is 1.46.